The van der Waals surface area contributed by atoms with Crippen LogP contribution in [0.4, 0.5) is 5.82 Å². The van der Waals surface area contributed by atoms with Crippen molar-refractivity contribution in [2.45, 2.75) is 6.92 Å². The van der Waals surface area contributed by atoms with E-state index in [1.54, 1.807) is 12.5 Å². The van der Waals surface area contributed by atoms with Crippen LogP contribution in [0.3, 0.4) is 0 Å². The monoisotopic (exact) mass is 315 g/mol. The zero-order valence-electron chi connectivity index (χ0n) is 8.41. The molecule has 2 heterocycles. The van der Waals surface area contributed by atoms with Crippen molar-refractivity contribution in [1.82, 2.24) is 9.97 Å². The Morgan fingerprint density at radius 3 is 2.87 bits per heavy atom. The minimum Gasteiger partial charge on any atom is -0.461 e. The normalized spacial score (nSPS) is 10.3. The number of halogens is 1. The van der Waals surface area contributed by atoms with Crippen LogP contribution in [0.5, 0.6) is 0 Å². The molecule has 0 fully saturated rings. The van der Waals surface area contributed by atoms with Crippen molar-refractivity contribution in [1.29, 1.82) is 0 Å². The van der Waals surface area contributed by atoms with E-state index < -0.39 is 0 Å². The van der Waals surface area contributed by atoms with E-state index in [1.165, 1.54) is 0 Å². The van der Waals surface area contributed by atoms with E-state index in [4.69, 9.17) is 4.42 Å². The number of aromatic nitrogens is 2. The molecular weight excluding hydrogens is 305 g/mol. The van der Waals surface area contributed by atoms with E-state index in [9.17, 15) is 0 Å². The highest BCUT2D eigenvalue weighted by atomic mass is 127. The van der Waals surface area contributed by atoms with Crippen molar-refractivity contribution in [3.8, 4) is 11.6 Å². The molecule has 0 aromatic carbocycles. The van der Waals surface area contributed by atoms with Crippen molar-refractivity contribution in [2.75, 3.05) is 12.4 Å². The fraction of sp³-hybridized carbons (Fsp3) is 0.200. The lowest BCUT2D eigenvalue weighted by molar-refractivity contribution is 0.575. The first-order chi connectivity index (χ1) is 7.22. The Labute approximate surface area is 101 Å². The van der Waals surface area contributed by atoms with E-state index in [-0.39, 0.29) is 0 Å². The smallest absolute Gasteiger partial charge is 0.197 e. The van der Waals surface area contributed by atoms with Gasteiger partial charge in [0.2, 0.25) is 0 Å². The van der Waals surface area contributed by atoms with Gasteiger partial charge in [-0.05, 0) is 41.1 Å². The van der Waals surface area contributed by atoms with Crippen molar-refractivity contribution < 1.29 is 4.42 Å². The lowest BCUT2D eigenvalue weighted by atomic mass is 10.3. The summed E-state index contributed by atoms with van der Waals surface area (Å²) < 4.78 is 6.32. The summed E-state index contributed by atoms with van der Waals surface area (Å²) >= 11 is 2.19. The third-order valence-corrected chi connectivity index (χ3v) is 2.84. The van der Waals surface area contributed by atoms with E-state index in [1.807, 2.05) is 20.0 Å². The summed E-state index contributed by atoms with van der Waals surface area (Å²) in [5.41, 5.74) is 1.04. The average Bonchev–Trinajstić information content (AvgIpc) is 2.65. The molecule has 0 spiro atoms. The highest BCUT2D eigenvalue weighted by molar-refractivity contribution is 14.1. The maximum atomic E-state index is 5.33. The fourth-order valence-electron chi connectivity index (χ4n) is 1.25. The van der Waals surface area contributed by atoms with Gasteiger partial charge in [0.05, 0.1) is 9.83 Å². The highest BCUT2D eigenvalue weighted by Gasteiger charge is 2.10. The van der Waals surface area contributed by atoms with Gasteiger partial charge in [0.25, 0.3) is 0 Å². The Bertz CT molecular complexity index is 481. The van der Waals surface area contributed by atoms with Crippen molar-refractivity contribution >= 4 is 28.4 Å². The van der Waals surface area contributed by atoms with Gasteiger partial charge >= 0.3 is 0 Å². The first kappa shape index (κ1) is 10.4. The lowest BCUT2D eigenvalue weighted by Gasteiger charge is -2.03. The number of nitrogens with zero attached hydrogens (tertiary/aromatic N) is 2. The molecule has 15 heavy (non-hydrogen) atoms. The summed E-state index contributed by atoms with van der Waals surface area (Å²) in [6.45, 7) is 1.97. The molecule has 1 N–H and O–H groups in total. The molecule has 0 saturated heterocycles. The first-order valence-electron chi connectivity index (χ1n) is 4.47. The third kappa shape index (κ3) is 1.97. The second-order valence-electron chi connectivity index (χ2n) is 3.07. The summed E-state index contributed by atoms with van der Waals surface area (Å²) in [5, 5.41) is 3.02. The van der Waals surface area contributed by atoms with E-state index in [0.717, 1.165) is 20.7 Å². The topological polar surface area (TPSA) is 51.0 Å². The van der Waals surface area contributed by atoms with E-state index >= 15 is 0 Å². The fourth-order valence-corrected chi connectivity index (χ4v) is 1.78. The van der Waals surface area contributed by atoms with Gasteiger partial charge in [-0.2, -0.15) is 0 Å². The second kappa shape index (κ2) is 4.18. The number of nitrogens with one attached hydrogen (secondary N) is 1. The Balaban J connectivity index is 2.51. The van der Waals surface area contributed by atoms with Crippen LogP contribution in [-0.4, -0.2) is 17.0 Å². The second-order valence-corrected chi connectivity index (χ2v) is 4.24. The van der Waals surface area contributed by atoms with Crippen LogP contribution in [0.15, 0.2) is 22.9 Å². The summed E-state index contributed by atoms with van der Waals surface area (Å²) in [6.07, 6.45) is 3.42. The van der Waals surface area contributed by atoms with E-state index in [2.05, 4.69) is 37.9 Å². The molecule has 78 valence electrons. The average molecular weight is 315 g/mol. The first-order valence-corrected chi connectivity index (χ1v) is 5.55. The Morgan fingerprint density at radius 1 is 1.47 bits per heavy atom. The molecule has 2 aromatic rings. The molecule has 0 unspecified atom stereocenters. The molecule has 0 saturated carbocycles. The van der Waals surface area contributed by atoms with Crippen molar-refractivity contribution in [3.63, 3.8) is 0 Å². The molecule has 2 aromatic heterocycles. The SMILES string of the molecule is CNc1nc(-c2occc2C)ncc1I. The number of furan rings is 1. The van der Waals surface area contributed by atoms with Crippen LogP contribution in [0.1, 0.15) is 5.56 Å². The quantitative estimate of drug-likeness (QED) is 0.866. The molecular formula is C10H10IN3O. The summed E-state index contributed by atoms with van der Waals surface area (Å²) in [7, 11) is 1.84. The molecule has 0 aliphatic rings. The maximum absolute atomic E-state index is 5.33. The minimum atomic E-state index is 0.613. The number of anilines is 1. The highest BCUT2D eigenvalue weighted by Crippen LogP contribution is 2.23. The lowest BCUT2D eigenvalue weighted by Crippen LogP contribution is -1.99. The molecule has 5 heteroatoms. The van der Waals surface area contributed by atoms with Crippen LogP contribution in [0.25, 0.3) is 11.6 Å². The van der Waals surface area contributed by atoms with Crippen LogP contribution >= 0.6 is 22.6 Å². The molecule has 4 nitrogen and oxygen atoms in total. The molecule has 2 rings (SSSR count). The minimum absolute atomic E-state index is 0.613. The van der Waals surface area contributed by atoms with Gasteiger partial charge in [0, 0.05) is 13.2 Å². The van der Waals surface area contributed by atoms with Crippen LogP contribution in [-0.2, 0) is 0 Å². The zero-order chi connectivity index (χ0) is 10.8. The van der Waals surface area contributed by atoms with Gasteiger partial charge in [-0.1, -0.05) is 0 Å². The Kier molecular flexibility index (Phi) is 2.90. The summed E-state index contributed by atoms with van der Waals surface area (Å²) in [6, 6.07) is 1.90. The van der Waals surface area contributed by atoms with Crippen LogP contribution in [0, 0.1) is 10.5 Å². The molecule has 0 atom stereocenters. The van der Waals surface area contributed by atoms with Gasteiger partial charge in [0.15, 0.2) is 11.6 Å². The predicted molar refractivity (Wildman–Crippen MR) is 66.7 cm³/mol. The number of hydrogen-bond donors (Lipinski definition) is 1. The van der Waals surface area contributed by atoms with Gasteiger partial charge in [-0.15, -0.1) is 0 Å². The largest absolute Gasteiger partial charge is 0.461 e. The van der Waals surface area contributed by atoms with Crippen molar-refractivity contribution in [3.05, 3.63) is 27.7 Å². The summed E-state index contributed by atoms with van der Waals surface area (Å²) in [4.78, 5) is 8.61. The van der Waals surface area contributed by atoms with Crippen molar-refractivity contribution in [2.24, 2.45) is 0 Å². The predicted octanol–water partition coefficient (Wildman–Crippen LogP) is 2.69. The standard InChI is InChI=1S/C10H10IN3O/c1-6-3-4-15-8(6)10-13-5-7(11)9(12-2)14-10/h3-5H,1-2H3,(H,12,13,14). The molecule has 0 radical (unpaired) electrons. The van der Waals surface area contributed by atoms with E-state index in [0.29, 0.717) is 5.82 Å². The maximum Gasteiger partial charge on any atom is 0.197 e. The van der Waals surface area contributed by atoms with Crippen LogP contribution < -0.4 is 5.32 Å². The van der Waals surface area contributed by atoms with Gasteiger partial charge in [-0.3, -0.25) is 0 Å². The molecule has 0 aliphatic heterocycles. The zero-order valence-corrected chi connectivity index (χ0v) is 10.6. The van der Waals surface area contributed by atoms with Crippen LogP contribution in [0.2, 0.25) is 0 Å². The number of hydrogen-bond acceptors (Lipinski definition) is 4. The molecule has 0 amide bonds. The Morgan fingerprint density at radius 2 is 2.27 bits per heavy atom. The van der Waals surface area contributed by atoms with Gasteiger partial charge in [0.1, 0.15) is 5.82 Å². The Hall–Kier alpha value is -1.11. The number of aryl methyl sites for hydroxylation is 1. The molecule has 0 bridgehead atoms. The van der Waals surface area contributed by atoms with Gasteiger partial charge in [-0.25, -0.2) is 9.97 Å². The van der Waals surface area contributed by atoms with Gasteiger partial charge < -0.3 is 9.73 Å². The molecule has 0 aliphatic carbocycles. The summed E-state index contributed by atoms with van der Waals surface area (Å²) in [5.74, 6) is 2.15. The number of rotatable bonds is 2. The third-order valence-electron chi connectivity index (χ3n) is 2.05.